The Kier molecular flexibility index (Phi) is 4.99. The molecule has 0 saturated heterocycles. The molecular formula is C13H17ClN4O2. The number of amidine groups is 1. The maximum absolute atomic E-state index is 7.72. The van der Waals surface area contributed by atoms with Gasteiger partial charge >= 0.3 is 0 Å². The average Bonchev–Trinajstić information content (AvgIpc) is 2.74. The first kappa shape index (κ1) is 15.8. The summed E-state index contributed by atoms with van der Waals surface area (Å²) in [7, 11) is 3.14. The molecule has 1 aliphatic carbocycles. The third-order valence-electron chi connectivity index (χ3n) is 3.09. The lowest BCUT2D eigenvalue weighted by molar-refractivity contribution is 0.354. The van der Waals surface area contributed by atoms with Gasteiger partial charge in [-0.15, -0.1) is 12.4 Å². The molecule has 1 atom stereocenters. The number of rotatable bonds is 4. The summed E-state index contributed by atoms with van der Waals surface area (Å²) in [5, 5.41) is 11.2. The topological polar surface area (TPSA) is 107 Å². The molecule has 0 bridgehead atoms. The second kappa shape index (κ2) is 6.29. The van der Waals surface area contributed by atoms with Gasteiger partial charge in [0.05, 0.1) is 26.4 Å². The Labute approximate surface area is 123 Å². The van der Waals surface area contributed by atoms with E-state index in [2.05, 4.69) is 5.10 Å². The van der Waals surface area contributed by atoms with Crippen LogP contribution in [0.15, 0.2) is 22.8 Å². The van der Waals surface area contributed by atoms with Crippen molar-refractivity contribution in [3.63, 3.8) is 0 Å². The maximum atomic E-state index is 7.72. The minimum absolute atomic E-state index is 0. The normalized spacial score (nSPS) is 16.3. The number of hydrogen-bond donors (Lipinski definition) is 3. The van der Waals surface area contributed by atoms with Gasteiger partial charge in [0, 0.05) is 0 Å². The van der Waals surface area contributed by atoms with Crippen molar-refractivity contribution < 1.29 is 9.47 Å². The molecule has 7 heteroatoms. The van der Waals surface area contributed by atoms with Gasteiger partial charge in [0.2, 0.25) is 0 Å². The minimum Gasteiger partial charge on any atom is -0.493 e. The second-order valence-electron chi connectivity index (χ2n) is 4.15. The molecule has 108 valence electrons. The first-order valence-electron chi connectivity index (χ1n) is 5.67. The molecule has 2 rings (SSSR count). The van der Waals surface area contributed by atoms with Crippen LogP contribution in [0.5, 0.6) is 11.5 Å². The molecule has 6 nitrogen and oxygen atoms in total. The summed E-state index contributed by atoms with van der Waals surface area (Å²) in [6.45, 7) is 0. The molecule has 1 aromatic carbocycles. The molecule has 0 saturated carbocycles. The zero-order valence-corrected chi connectivity index (χ0v) is 12.0. The highest BCUT2D eigenvalue weighted by atomic mass is 35.5. The summed E-state index contributed by atoms with van der Waals surface area (Å²) in [6, 6.07) is 3.68. The SMILES string of the molecule is COc1cc2c(cc1OC)C(C(=N)N)C(C=NN)=C2.Cl. The van der Waals surface area contributed by atoms with Crippen molar-refractivity contribution in [3.05, 3.63) is 28.8 Å². The van der Waals surface area contributed by atoms with E-state index in [0.29, 0.717) is 11.5 Å². The molecule has 0 heterocycles. The summed E-state index contributed by atoms with van der Waals surface area (Å²) in [5.41, 5.74) is 8.25. The van der Waals surface area contributed by atoms with Crippen molar-refractivity contribution in [2.75, 3.05) is 14.2 Å². The molecule has 0 amide bonds. The number of hydrogen-bond acceptors (Lipinski definition) is 5. The van der Waals surface area contributed by atoms with E-state index in [4.69, 9.17) is 26.5 Å². The number of methoxy groups -OCH3 is 2. The Balaban J connectivity index is 0.00000200. The van der Waals surface area contributed by atoms with Gasteiger partial charge in [-0.05, 0) is 34.9 Å². The van der Waals surface area contributed by atoms with Crippen LogP contribution in [0.1, 0.15) is 17.0 Å². The number of nitrogens with one attached hydrogen (secondary N) is 1. The molecule has 1 aromatic rings. The van der Waals surface area contributed by atoms with Crippen LogP contribution in [0.4, 0.5) is 0 Å². The predicted molar refractivity (Wildman–Crippen MR) is 82.1 cm³/mol. The highest BCUT2D eigenvalue weighted by Crippen LogP contribution is 2.41. The summed E-state index contributed by atoms with van der Waals surface area (Å²) in [5.74, 6) is 6.11. The molecular weight excluding hydrogens is 280 g/mol. The lowest BCUT2D eigenvalue weighted by Gasteiger charge is -2.15. The van der Waals surface area contributed by atoms with Gasteiger partial charge in [-0.3, -0.25) is 5.41 Å². The van der Waals surface area contributed by atoms with E-state index in [1.165, 1.54) is 6.21 Å². The Morgan fingerprint density at radius 2 is 1.90 bits per heavy atom. The van der Waals surface area contributed by atoms with Crippen LogP contribution in [0.3, 0.4) is 0 Å². The van der Waals surface area contributed by atoms with Crippen LogP contribution in [-0.2, 0) is 0 Å². The number of benzene rings is 1. The third kappa shape index (κ3) is 2.55. The second-order valence-corrected chi connectivity index (χ2v) is 4.15. The monoisotopic (exact) mass is 296 g/mol. The van der Waals surface area contributed by atoms with Crippen LogP contribution >= 0.6 is 12.4 Å². The van der Waals surface area contributed by atoms with E-state index in [1.807, 2.05) is 18.2 Å². The molecule has 0 aliphatic heterocycles. The lowest BCUT2D eigenvalue weighted by atomic mass is 9.95. The fourth-order valence-corrected chi connectivity index (χ4v) is 2.27. The molecule has 1 unspecified atom stereocenters. The average molecular weight is 297 g/mol. The van der Waals surface area contributed by atoms with Crippen LogP contribution in [0.2, 0.25) is 0 Å². The molecule has 0 radical (unpaired) electrons. The van der Waals surface area contributed by atoms with E-state index < -0.39 is 0 Å². The minimum atomic E-state index is -0.345. The Morgan fingerprint density at radius 3 is 2.40 bits per heavy atom. The van der Waals surface area contributed by atoms with Crippen LogP contribution in [0.25, 0.3) is 6.08 Å². The first-order valence-corrected chi connectivity index (χ1v) is 5.67. The summed E-state index contributed by atoms with van der Waals surface area (Å²) >= 11 is 0. The van der Waals surface area contributed by atoms with Gasteiger partial charge in [0.25, 0.3) is 0 Å². The maximum Gasteiger partial charge on any atom is 0.161 e. The number of halogens is 1. The number of ether oxygens (including phenoxy) is 2. The predicted octanol–water partition coefficient (Wildman–Crippen LogP) is 1.49. The summed E-state index contributed by atoms with van der Waals surface area (Å²) in [4.78, 5) is 0. The standard InChI is InChI=1S/C13H16N4O2.ClH/c1-18-10-4-7-3-8(6-17-16)12(13(14)15)9(7)5-11(10)19-2;/h3-6,12H,16H2,1-2H3,(H3,14,15);1H. The zero-order valence-electron chi connectivity index (χ0n) is 11.2. The van der Waals surface area contributed by atoms with E-state index in [1.54, 1.807) is 14.2 Å². The van der Waals surface area contributed by atoms with E-state index in [9.17, 15) is 0 Å². The quantitative estimate of drug-likeness (QED) is 0.338. The van der Waals surface area contributed by atoms with Crippen molar-refractivity contribution in [1.29, 1.82) is 5.41 Å². The number of nitrogens with zero attached hydrogens (tertiary/aromatic N) is 1. The van der Waals surface area contributed by atoms with Crippen molar-refractivity contribution >= 4 is 30.5 Å². The number of fused-ring (bicyclic) bond motifs is 1. The van der Waals surface area contributed by atoms with Crippen LogP contribution < -0.4 is 21.1 Å². The van der Waals surface area contributed by atoms with Crippen molar-refractivity contribution in [1.82, 2.24) is 0 Å². The van der Waals surface area contributed by atoms with Crippen molar-refractivity contribution in [3.8, 4) is 11.5 Å². The highest BCUT2D eigenvalue weighted by Gasteiger charge is 2.28. The Hall–Kier alpha value is -2.21. The van der Waals surface area contributed by atoms with Gasteiger partial charge < -0.3 is 21.1 Å². The Bertz CT molecular complexity index is 584. The van der Waals surface area contributed by atoms with Gasteiger partial charge in [0.1, 0.15) is 5.84 Å². The lowest BCUT2D eigenvalue weighted by Crippen LogP contribution is -2.21. The highest BCUT2D eigenvalue weighted by molar-refractivity contribution is 6.03. The molecule has 1 aliphatic rings. The first-order chi connectivity index (χ1) is 9.12. The van der Waals surface area contributed by atoms with Crippen molar-refractivity contribution in [2.24, 2.45) is 16.7 Å². The third-order valence-corrected chi connectivity index (χ3v) is 3.09. The van der Waals surface area contributed by atoms with Gasteiger partial charge in [0.15, 0.2) is 11.5 Å². The largest absolute Gasteiger partial charge is 0.493 e. The molecule has 20 heavy (non-hydrogen) atoms. The van der Waals surface area contributed by atoms with Gasteiger partial charge in [-0.1, -0.05) is 0 Å². The number of nitrogens with two attached hydrogens (primary N) is 2. The number of hydrazone groups is 1. The summed E-state index contributed by atoms with van der Waals surface area (Å²) in [6.07, 6.45) is 3.39. The van der Waals surface area contributed by atoms with E-state index >= 15 is 0 Å². The molecule has 5 N–H and O–H groups in total. The van der Waals surface area contributed by atoms with Crippen LogP contribution in [-0.4, -0.2) is 26.3 Å². The van der Waals surface area contributed by atoms with E-state index in [-0.39, 0.29) is 24.2 Å². The molecule has 0 aromatic heterocycles. The summed E-state index contributed by atoms with van der Waals surface area (Å²) < 4.78 is 10.5. The van der Waals surface area contributed by atoms with Crippen LogP contribution in [0, 0.1) is 5.41 Å². The smallest absolute Gasteiger partial charge is 0.161 e. The van der Waals surface area contributed by atoms with Gasteiger partial charge in [-0.2, -0.15) is 5.10 Å². The fraction of sp³-hybridized carbons (Fsp3) is 0.231. The van der Waals surface area contributed by atoms with Crippen molar-refractivity contribution in [2.45, 2.75) is 5.92 Å². The fourth-order valence-electron chi connectivity index (χ4n) is 2.27. The molecule has 0 fully saturated rings. The zero-order chi connectivity index (χ0) is 14.0. The Morgan fingerprint density at radius 1 is 1.30 bits per heavy atom. The van der Waals surface area contributed by atoms with Gasteiger partial charge in [-0.25, -0.2) is 0 Å². The van der Waals surface area contributed by atoms with E-state index in [0.717, 1.165) is 16.7 Å². The molecule has 0 spiro atoms.